The van der Waals surface area contributed by atoms with Gasteiger partial charge in [0.15, 0.2) is 11.2 Å². The van der Waals surface area contributed by atoms with E-state index in [1.807, 2.05) is 6.92 Å². The molecule has 1 atom stereocenters. The van der Waals surface area contributed by atoms with Crippen molar-refractivity contribution < 1.29 is 13.6 Å². The van der Waals surface area contributed by atoms with E-state index in [0.717, 1.165) is 4.57 Å². The molecule has 2 rings (SSSR count). The molecule has 0 spiro atoms. The van der Waals surface area contributed by atoms with Crippen LogP contribution in [0.1, 0.15) is 27.2 Å². The fourth-order valence-electron chi connectivity index (χ4n) is 2.60. The van der Waals surface area contributed by atoms with Crippen LogP contribution in [-0.4, -0.2) is 38.1 Å². The van der Waals surface area contributed by atoms with Crippen molar-refractivity contribution in [3.63, 3.8) is 0 Å². The molecule has 0 aliphatic carbocycles. The highest BCUT2D eigenvalue weighted by Gasteiger charge is 2.21. The smallest absolute Gasteiger partial charge is 0.325 e. The highest BCUT2D eigenvalue weighted by Crippen LogP contribution is 2.47. The summed E-state index contributed by atoms with van der Waals surface area (Å²) < 4.78 is 27.0. The van der Waals surface area contributed by atoms with Crippen molar-refractivity contribution in [1.82, 2.24) is 18.7 Å². The summed E-state index contributed by atoms with van der Waals surface area (Å²) in [4.78, 5) is 29.2. The molecule has 0 N–H and O–H groups in total. The molecule has 2 heterocycles. The lowest BCUT2D eigenvalue weighted by molar-refractivity contribution is 0.207. The lowest BCUT2D eigenvalue weighted by atomic mass is 10.4. The molecule has 0 aliphatic rings. The molecule has 2 aromatic heterocycles. The van der Waals surface area contributed by atoms with Gasteiger partial charge in [-0.2, -0.15) is 0 Å². The molecular weight excluding hydrogens is 347 g/mol. The molecule has 1 unspecified atom stereocenters. The van der Waals surface area contributed by atoms with Gasteiger partial charge >= 0.3 is 13.3 Å². The summed E-state index contributed by atoms with van der Waals surface area (Å²) in [5.41, 5.74) is -0.0292. The lowest BCUT2D eigenvalue weighted by Crippen LogP contribution is -2.39. The monoisotopic (exact) mass is 372 g/mol. The summed E-state index contributed by atoms with van der Waals surface area (Å²) in [6.45, 7) is 6.60. The van der Waals surface area contributed by atoms with Gasteiger partial charge in [0.05, 0.1) is 19.5 Å². The standard InChI is InChI=1S/C15H25N4O5P/c1-5-18-11-16-13-12(18)14(20)19(15(21)17(13)4)9-8-10-24-25(22,7-3)23-6-2/h11H,5-10H2,1-4H3. The van der Waals surface area contributed by atoms with E-state index in [4.69, 9.17) is 9.05 Å². The van der Waals surface area contributed by atoms with Gasteiger partial charge in [0, 0.05) is 26.3 Å². The Hall–Kier alpha value is -1.70. The van der Waals surface area contributed by atoms with Crippen LogP contribution < -0.4 is 11.2 Å². The van der Waals surface area contributed by atoms with Crippen LogP contribution in [0.3, 0.4) is 0 Å². The van der Waals surface area contributed by atoms with Crippen LogP contribution in [0.4, 0.5) is 0 Å². The van der Waals surface area contributed by atoms with E-state index in [1.165, 1.54) is 4.57 Å². The molecule has 10 heteroatoms. The molecule has 0 saturated carbocycles. The third kappa shape index (κ3) is 3.94. The molecule has 0 fully saturated rings. The van der Waals surface area contributed by atoms with Crippen molar-refractivity contribution in [2.24, 2.45) is 7.05 Å². The lowest BCUT2D eigenvalue weighted by Gasteiger charge is -2.16. The topological polar surface area (TPSA) is 97.3 Å². The number of aryl methyl sites for hydroxylation is 2. The Labute approximate surface area is 145 Å². The molecule has 0 aliphatic heterocycles. The second kappa shape index (κ2) is 8.12. The molecule has 0 radical (unpaired) electrons. The maximum atomic E-state index is 12.7. The van der Waals surface area contributed by atoms with Gasteiger partial charge in [-0.1, -0.05) is 6.92 Å². The van der Waals surface area contributed by atoms with Crippen molar-refractivity contribution in [2.75, 3.05) is 19.4 Å². The summed E-state index contributed by atoms with van der Waals surface area (Å²) >= 11 is 0. The maximum absolute atomic E-state index is 12.7. The first-order valence-corrected chi connectivity index (χ1v) is 10.1. The van der Waals surface area contributed by atoms with Crippen molar-refractivity contribution in [1.29, 1.82) is 0 Å². The number of aromatic nitrogens is 4. The zero-order chi connectivity index (χ0) is 18.6. The fourth-order valence-corrected chi connectivity index (χ4v) is 3.84. The fraction of sp³-hybridized carbons (Fsp3) is 0.667. The Morgan fingerprint density at radius 3 is 2.52 bits per heavy atom. The van der Waals surface area contributed by atoms with Crippen molar-refractivity contribution in [2.45, 2.75) is 40.3 Å². The van der Waals surface area contributed by atoms with Gasteiger partial charge in [-0.25, -0.2) is 9.78 Å². The normalized spacial score (nSPS) is 14.1. The molecule has 0 aromatic carbocycles. The summed E-state index contributed by atoms with van der Waals surface area (Å²) in [6, 6.07) is 0. The van der Waals surface area contributed by atoms with E-state index in [-0.39, 0.29) is 24.9 Å². The van der Waals surface area contributed by atoms with Crippen molar-refractivity contribution in [3.8, 4) is 0 Å². The molecule has 0 bridgehead atoms. The number of hydrogen-bond acceptors (Lipinski definition) is 6. The van der Waals surface area contributed by atoms with Gasteiger partial charge in [0.25, 0.3) is 5.56 Å². The minimum Gasteiger partial charge on any atom is -0.325 e. The summed E-state index contributed by atoms with van der Waals surface area (Å²) in [6.07, 6.45) is 2.21. The highest BCUT2D eigenvalue weighted by molar-refractivity contribution is 7.53. The number of rotatable bonds is 9. The van der Waals surface area contributed by atoms with Gasteiger partial charge in [-0.05, 0) is 20.3 Å². The molecule has 140 valence electrons. The zero-order valence-corrected chi connectivity index (χ0v) is 16.0. The maximum Gasteiger partial charge on any atom is 0.332 e. The predicted molar refractivity (Wildman–Crippen MR) is 95.3 cm³/mol. The van der Waals surface area contributed by atoms with Crippen LogP contribution in [-0.2, 0) is 33.7 Å². The third-order valence-electron chi connectivity index (χ3n) is 3.97. The Bertz CT molecular complexity index is 898. The van der Waals surface area contributed by atoms with Gasteiger partial charge in [-0.15, -0.1) is 0 Å². The second-order valence-electron chi connectivity index (χ2n) is 5.53. The SMILES string of the molecule is CCOP(=O)(CC)OCCCn1c(=O)c2c(ncn2CC)n(C)c1=O. The molecule has 9 nitrogen and oxygen atoms in total. The van der Waals surface area contributed by atoms with E-state index >= 15 is 0 Å². The van der Waals surface area contributed by atoms with E-state index in [2.05, 4.69) is 4.98 Å². The first-order valence-electron chi connectivity index (χ1n) is 8.41. The largest absolute Gasteiger partial charge is 0.332 e. The van der Waals surface area contributed by atoms with Gasteiger partial charge in [-0.3, -0.25) is 18.5 Å². The summed E-state index contributed by atoms with van der Waals surface area (Å²) in [7, 11) is -1.49. The molecule has 2 aromatic rings. The van der Waals surface area contributed by atoms with Crippen molar-refractivity contribution in [3.05, 3.63) is 27.2 Å². The first-order chi connectivity index (χ1) is 11.9. The third-order valence-corrected chi connectivity index (χ3v) is 5.97. The second-order valence-corrected chi connectivity index (χ2v) is 7.90. The molecule has 25 heavy (non-hydrogen) atoms. The quantitative estimate of drug-likeness (QED) is 0.490. The first kappa shape index (κ1) is 19.6. The van der Waals surface area contributed by atoms with Crippen LogP contribution in [0.5, 0.6) is 0 Å². The average molecular weight is 372 g/mol. The Balaban J connectivity index is 2.20. The number of nitrogens with zero attached hydrogens (tertiary/aromatic N) is 4. The van der Waals surface area contributed by atoms with Crippen molar-refractivity contribution >= 4 is 18.8 Å². The van der Waals surface area contributed by atoms with Gasteiger partial charge in [0.2, 0.25) is 0 Å². The van der Waals surface area contributed by atoms with Gasteiger partial charge < -0.3 is 13.6 Å². The number of imidazole rings is 1. The summed E-state index contributed by atoms with van der Waals surface area (Å²) in [5.74, 6) is 0. The van der Waals surface area contributed by atoms with Gasteiger partial charge in [0.1, 0.15) is 0 Å². The minimum atomic E-state index is -3.08. The van der Waals surface area contributed by atoms with Crippen LogP contribution in [0.2, 0.25) is 0 Å². The van der Waals surface area contributed by atoms with Crippen LogP contribution in [0.25, 0.3) is 11.2 Å². The Morgan fingerprint density at radius 1 is 1.20 bits per heavy atom. The highest BCUT2D eigenvalue weighted by atomic mass is 31.2. The Morgan fingerprint density at radius 2 is 1.92 bits per heavy atom. The van der Waals surface area contributed by atoms with E-state index in [0.29, 0.717) is 30.7 Å². The van der Waals surface area contributed by atoms with E-state index in [1.54, 1.807) is 31.8 Å². The zero-order valence-electron chi connectivity index (χ0n) is 15.1. The van der Waals surface area contributed by atoms with Crippen LogP contribution in [0.15, 0.2) is 15.9 Å². The molecule has 0 amide bonds. The Kier molecular flexibility index (Phi) is 6.37. The molecule has 0 saturated heterocycles. The number of fused-ring (bicyclic) bond motifs is 1. The van der Waals surface area contributed by atoms with E-state index < -0.39 is 13.3 Å². The van der Waals surface area contributed by atoms with Crippen LogP contribution in [0, 0.1) is 0 Å². The van der Waals surface area contributed by atoms with E-state index in [9.17, 15) is 14.2 Å². The number of hydrogen-bond donors (Lipinski definition) is 0. The van der Waals surface area contributed by atoms with Crippen LogP contribution >= 0.6 is 7.60 Å². The summed E-state index contributed by atoms with van der Waals surface area (Å²) in [5, 5.41) is 0. The minimum absolute atomic E-state index is 0.145. The molecular formula is C15H25N4O5P. The predicted octanol–water partition coefficient (Wildman–Crippen LogP) is 1.57. The average Bonchev–Trinajstić information content (AvgIpc) is 3.03.